The number of piperidine rings is 1. The SMILES string of the molecule is C=CC(=O)Nc1cc(Nc2cc(-c3ccc4cnn(C)c4c3)ncn2)c(OC)cc1N1CCC(N2C[C@@H](C)N(C)[C@@H](C)C2)CC1. The number of hydrogen-bond donors (Lipinski definition) is 2. The second kappa shape index (κ2) is 12.9. The third kappa shape index (κ3) is 6.36. The van der Waals surface area contributed by atoms with Crippen LogP contribution < -0.4 is 20.3 Å². The Morgan fingerprint density at radius 1 is 1.02 bits per heavy atom. The number of benzene rings is 2. The Labute approximate surface area is 264 Å². The van der Waals surface area contributed by atoms with Gasteiger partial charge >= 0.3 is 0 Å². The molecule has 2 aliphatic rings. The minimum Gasteiger partial charge on any atom is -0.494 e. The van der Waals surface area contributed by atoms with Crippen LogP contribution >= 0.6 is 0 Å². The van der Waals surface area contributed by atoms with Gasteiger partial charge in [0, 0.05) is 74.4 Å². The lowest BCUT2D eigenvalue weighted by Crippen LogP contribution is -2.59. The van der Waals surface area contributed by atoms with Gasteiger partial charge < -0.3 is 20.3 Å². The van der Waals surface area contributed by atoms with E-state index in [4.69, 9.17) is 4.74 Å². The second-order valence-corrected chi connectivity index (χ2v) is 12.3. The van der Waals surface area contributed by atoms with Gasteiger partial charge in [-0.1, -0.05) is 18.7 Å². The number of anilines is 4. The topological polar surface area (TPSA) is 104 Å². The van der Waals surface area contributed by atoms with E-state index < -0.39 is 0 Å². The molecule has 0 aliphatic carbocycles. The fraction of sp³-hybridized carbons (Fsp3) is 0.412. The van der Waals surface area contributed by atoms with Gasteiger partial charge in [0.25, 0.3) is 0 Å². The molecule has 2 N–H and O–H groups in total. The van der Waals surface area contributed by atoms with Gasteiger partial charge in [0.15, 0.2) is 0 Å². The summed E-state index contributed by atoms with van der Waals surface area (Å²) >= 11 is 0. The molecule has 11 heteroatoms. The van der Waals surface area contributed by atoms with E-state index in [0.717, 1.165) is 66.9 Å². The first-order valence-electron chi connectivity index (χ1n) is 15.6. The Morgan fingerprint density at radius 2 is 1.78 bits per heavy atom. The van der Waals surface area contributed by atoms with Gasteiger partial charge in [-0.25, -0.2) is 9.97 Å². The molecule has 0 saturated carbocycles. The van der Waals surface area contributed by atoms with Crippen LogP contribution in [-0.4, -0.2) is 93.9 Å². The molecule has 0 spiro atoms. The van der Waals surface area contributed by atoms with E-state index in [-0.39, 0.29) is 5.91 Å². The number of fused-ring (bicyclic) bond motifs is 1. The van der Waals surface area contributed by atoms with Crippen LogP contribution in [0.15, 0.2) is 61.6 Å². The van der Waals surface area contributed by atoms with E-state index in [1.54, 1.807) is 13.4 Å². The van der Waals surface area contributed by atoms with E-state index in [9.17, 15) is 4.79 Å². The fourth-order valence-electron chi connectivity index (χ4n) is 6.62. The summed E-state index contributed by atoms with van der Waals surface area (Å²) in [6.45, 7) is 12.3. The van der Waals surface area contributed by atoms with Crippen molar-refractivity contribution in [2.75, 3.05) is 55.9 Å². The zero-order valence-electron chi connectivity index (χ0n) is 26.8. The minimum absolute atomic E-state index is 0.266. The highest BCUT2D eigenvalue weighted by Gasteiger charge is 2.33. The molecular formula is C34H43N9O2. The monoisotopic (exact) mass is 609 g/mol. The van der Waals surface area contributed by atoms with Crippen LogP contribution in [0.25, 0.3) is 22.2 Å². The second-order valence-electron chi connectivity index (χ2n) is 12.3. The van der Waals surface area contributed by atoms with Crippen molar-refractivity contribution in [3.8, 4) is 17.0 Å². The highest BCUT2D eigenvalue weighted by atomic mass is 16.5. The summed E-state index contributed by atoms with van der Waals surface area (Å²) in [6, 6.07) is 13.6. The summed E-state index contributed by atoms with van der Waals surface area (Å²) in [5.74, 6) is 0.994. The van der Waals surface area contributed by atoms with E-state index in [1.165, 1.54) is 6.08 Å². The van der Waals surface area contributed by atoms with Crippen molar-refractivity contribution in [2.24, 2.45) is 7.05 Å². The largest absolute Gasteiger partial charge is 0.494 e. The van der Waals surface area contributed by atoms with Crippen LogP contribution in [0.2, 0.25) is 0 Å². The van der Waals surface area contributed by atoms with Crippen LogP contribution in [0, 0.1) is 0 Å². The van der Waals surface area contributed by atoms with Gasteiger partial charge in [-0.3, -0.25) is 19.3 Å². The van der Waals surface area contributed by atoms with Crippen LogP contribution in [0.5, 0.6) is 5.75 Å². The molecule has 6 rings (SSSR count). The molecule has 4 heterocycles. The van der Waals surface area contributed by atoms with E-state index >= 15 is 0 Å². The van der Waals surface area contributed by atoms with Crippen LogP contribution in [0.4, 0.5) is 22.9 Å². The summed E-state index contributed by atoms with van der Waals surface area (Å²) in [6.07, 6.45) is 6.81. The molecule has 2 aromatic carbocycles. The van der Waals surface area contributed by atoms with Crippen molar-refractivity contribution in [1.29, 1.82) is 0 Å². The quantitative estimate of drug-likeness (QED) is 0.270. The number of piperazine rings is 1. The minimum atomic E-state index is -0.266. The fourth-order valence-corrected chi connectivity index (χ4v) is 6.62. The number of nitrogens with one attached hydrogen (secondary N) is 2. The summed E-state index contributed by atoms with van der Waals surface area (Å²) in [4.78, 5) is 29.0. The van der Waals surface area contributed by atoms with Gasteiger partial charge in [-0.2, -0.15) is 5.10 Å². The Balaban J connectivity index is 1.24. The molecule has 0 radical (unpaired) electrons. The maximum Gasteiger partial charge on any atom is 0.247 e. The first-order valence-corrected chi connectivity index (χ1v) is 15.6. The molecule has 2 fully saturated rings. The van der Waals surface area contributed by atoms with E-state index in [1.807, 2.05) is 48.3 Å². The van der Waals surface area contributed by atoms with Crippen LogP contribution in [0.3, 0.4) is 0 Å². The van der Waals surface area contributed by atoms with Crippen molar-refractivity contribution in [3.05, 3.63) is 61.6 Å². The first kappa shape index (κ1) is 30.5. The molecule has 2 atom stereocenters. The normalized spacial score (nSPS) is 19.9. The number of likely N-dealkylation sites (N-methyl/N-ethyl adjacent to an activating group) is 1. The molecule has 45 heavy (non-hydrogen) atoms. The Morgan fingerprint density at radius 3 is 2.49 bits per heavy atom. The molecule has 11 nitrogen and oxygen atoms in total. The number of nitrogens with zero attached hydrogens (tertiary/aromatic N) is 7. The molecular weight excluding hydrogens is 566 g/mol. The van der Waals surface area contributed by atoms with Crippen molar-refractivity contribution in [2.45, 2.75) is 44.8 Å². The molecule has 4 aromatic rings. The predicted octanol–water partition coefficient (Wildman–Crippen LogP) is 4.90. The maximum atomic E-state index is 12.5. The number of ether oxygens (including phenoxy) is 1. The Hall–Kier alpha value is -4.48. The molecule has 2 aromatic heterocycles. The molecule has 2 saturated heterocycles. The molecule has 236 valence electrons. The smallest absolute Gasteiger partial charge is 0.247 e. The Kier molecular flexibility index (Phi) is 8.73. The summed E-state index contributed by atoms with van der Waals surface area (Å²) in [5.41, 5.74) is 5.07. The first-order chi connectivity index (χ1) is 21.7. The van der Waals surface area contributed by atoms with Gasteiger partial charge in [0.1, 0.15) is 17.9 Å². The number of aromatic nitrogens is 4. The maximum absolute atomic E-state index is 12.5. The number of amides is 1. The lowest BCUT2D eigenvalue weighted by molar-refractivity contribution is -0.111. The highest BCUT2D eigenvalue weighted by molar-refractivity contribution is 6.02. The van der Waals surface area contributed by atoms with E-state index in [0.29, 0.717) is 41.1 Å². The van der Waals surface area contributed by atoms with Crippen molar-refractivity contribution in [3.63, 3.8) is 0 Å². The number of methoxy groups -OCH3 is 1. The number of hydrogen-bond acceptors (Lipinski definition) is 9. The predicted molar refractivity (Wildman–Crippen MR) is 180 cm³/mol. The van der Waals surface area contributed by atoms with Crippen molar-refractivity contribution >= 4 is 39.7 Å². The van der Waals surface area contributed by atoms with Gasteiger partial charge in [-0.05, 0) is 51.9 Å². The van der Waals surface area contributed by atoms with Gasteiger partial charge in [0.2, 0.25) is 5.91 Å². The molecule has 0 unspecified atom stereocenters. The van der Waals surface area contributed by atoms with Crippen LogP contribution in [0.1, 0.15) is 26.7 Å². The molecule has 1 amide bonds. The van der Waals surface area contributed by atoms with E-state index in [2.05, 4.69) is 73.9 Å². The summed E-state index contributed by atoms with van der Waals surface area (Å²) < 4.78 is 7.71. The lowest BCUT2D eigenvalue weighted by atomic mass is 9.98. The number of carbonyl (C=O) groups is 1. The number of carbonyl (C=O) groups excluding carboxylic acids is 1. The third-order valence-electron chi connectivity index (χ3n) is 9.45. The summed E-state index contributed by atoms with van der Waals surface area (Å²) in [7, 11) is 5.81. The average Bonchev–Trinajstić information content (AvgIpc) is 3.43. The average molecular weight is 610 g/mol. The van der Waals surface area contributed by atoms with Gasteiger partial charge in [0.05, 0.1) is 41.6 Å². The standard InChI is InChI=1S/C34H43N9O2/c1-7-34(44)39-28-15-29(38-33-16-27(35-21-36-33)24-8-9-25-18-37-41(5)30(25)14-24)32(45-6)17-31(28)42-12-10-26(11-13-42)43-19-22(2)40(4)23(3)20-43/h7-9,14-18,21-23,26H,1,10-13,19-20H2,2-6H3,(H,39,44)(H,35,36,38)/t22-,23+. The molecule has 2 aliphatic heterocycles. The third-order valence-corrected chi connectivity index (χ3v) is 9.45. The van der Waals surface area contributed by atoms with Crippen LogP contribution in [-0.2, 0) is 11.8 Å². The highest BCUT2D eigenvalue weighted by Crippen LogP contribution is 2.40. The lowest BCUT2D eigenvalue weighted by Gasteiger charge is -2.48. The number of aryl methyl sites for hydroxylation is 1. The van der Waals surface area contributed by atoms with Crippen molar-refractivity contribution in [1.82, 2.24) is 29.5 Å². The summed E-state index contributed by atoms with van der Waals surface area (Å²) in [5, 5.41) is 11.8. The molecule has 0 bridgehead atoms. The number of rotatable bonds is 8. The van der Waals surface area contributed by atoms with Crippen molar-refractivity contribution < 1.29 is 9.53 Å². The zero-order valence-corrected chi connectivity index (χ0v) is 26.8. The van der Waals surface area contributed by atoms with Gasteiger partial charge in [-0.15, -0.1) is 0 Å². The Bertz CT molecular complexity index is 1680. The zero-order chi connectivity index (χ0) is 31.7.